The van der Waals surface area contributed by atoms with Crippen molar-refractivity contribution in [3.63, 3.8) is 0 Å². The fourth-order valence-electron chi connectivity index (χ4n) is 3.95. The number of aryl methyl sites for hydroxylation is 1. The molecule has 132 valence electrons. The highest BCUT2D eigenvalue weighted by atomic mass is 16.5. The van der Waals surface area contributed by atoms with Crippen LogP contribution in [-0.4, -0.2) is 46.3 Å². The summed E-state index contributed by atoms with van der Waals surface area (Å²) >= 11 is 0. The summed E-state index contributed by atoms with van der Waals surface area (Å²) in [5.74, 6) is 0. The second kappa shape index (κ2) is 7.60. The quantitative estimate of drug-likeness (QED) is 0.838. The number of hydrogen-bond acceptors (Lipinski definition) is 5. The minimum Gasteiger partial charge on any atom is -0.373 e. The fourth-order valence-corrected chi connectivity index (χ4v) is 3.95. The molecule has 0 bridgehead atoms. The molecule has 0 amide bonds. The third kappa shape index (κ3) is 3.89. The predicted molar refractivity (Wildman–Crippen MR) is 95.0 cm³/mol. The molecule has 25 heavy (non-hydrogen) atoms. The highest BCUT2D eigenvalue weighted by molar-refractivity contribution is 5.11. The van der Waals surface area contributed by atoms with E-state index in [-0.39, 0.29) is 12.2 Å². The fraction of sp³-hybridized carbons (Fsp3) is 0.500. The van der Waals surface area contributed by atoms with Gasteiger partial charge in [-0.15, -0.1) is 0 Å². The molecule has 2 aromatic rings. The van der Waals surface area contributed by atoms with Gasteiger partial charge in [-0.3, -0.25) is 14.9 Å². The van der Waals surface area contributed by atoms with E-state index in [0.29, 0.717) is 12.6 Å². The highest BCUT2D eigenvalue weighted by Gasteiger charge is 2.43. The first kappa shape index (κ1) is 16.6. The van der Waals surface area contributed by atoms with Gasteiger partial charge >= 0.3 is 0 Å². The molecule has 1 aliphatic carbocycles. The van der Waals surface area contributed by atoms with Gasteiger partial charge in [0.05, 0.1) is 31.1 Å². The van der Waals surface area contributed by atoms with E-state index >= 15 is 0 Å². The molecule has 4 rings (SSSR count). The molecule has 5 nitrogen and oxygen atoms in total. The number of rotatable bonds is 5. The van der Waals surface area contributed by atoms with Crippen LogP contribution in [0.5, 0.6) is 0 Å². The van der Waals surface area contributed by atoms with Crippen molar-refractivity contribution in [1.82, 2.24) is 14.9 Å². The average molecular weight is 339 g/mol. The van der Waals surface area contributed by atoms with Gasteiger partial charge in [0.25, 0.3) is 0 Å². The van der Waals surface area contributed by atoms with E-state index < -0.39 is 0 Å². The largest absolute Gasteiger partial charge is 0.373 e. The van der Waals surface area contributed by atoms with Crippen LogP contribution in [0.1, 0.15) is 29.8 Å². The zero-order valence-electron chi connectivity index (χ0n) is 14.7. The third-order valence-electron chi connectivity index (χ3n) is 5.15. The zero-order chi connectivity index (χ0) is 17.1. The molecule has 2 fully saturated rings. The number of ether oxygens (including phenoxy) is 2. The number of pyridine rings is 2. The molecule has 3 atom stereocenters. The standard InChI is InChI=1S/C20H25N3O2/c1-15-4-2-6-17(22-15)13-23-10-11-24-20-18(23)7-8-19(20)25-14-16-5-3-9-21-12-16/h2-6,9,12,18-20H,7-8,10-11,13-14H2,1H3/t18-,19+,20+/m0/s1. The first-order valence-electron chi connectivity index (χ1n) is 9.08. The first-order chi connectivity index (χ1) is 12.3. The maximum Gasteiger partial charge on any atom is 0.0992 e. The Morgan fingerprint density at radius 1 is 1.24 bits per heavy atom. The zero-order valence-corrected chi connectivity index (χ0v) is 14.7. The van der Waals surface area contributed by atoms with Gasteiger partial charge in [0.1, 0.15) is 0 Å². The van der Waals surface area contributed by atoms with Crippen LogP contribution in [-0.2, 0) is 22.6 Å². The lowest BCUT2D eigenvalue weighted by molar-refractivity contribution is -0.118. The Morgan fingerprint density at radius 3 is 3.04 bits per heavy atom. The van der Waals surface area contributed by atoms with Gasteiger partial charge in [-0.25, -0.2) is 0 Å². The molecule has 0 unspecified atom stereocenters. The molecule has 3 heterocycles. The topological polar surface area (TPSA) is 47.5 Å². The van der Waals surface area contributed by atoms with Crippen molar-refractivity contribution in [2.45, 2.75) is 51.2 Å². The summed E-state index contributed by atoms with van der Waals surface area (Å²) in [4.78, 5) is 11.3. The van der Waals surface area contributed by atoms with Gasteiger partial charge in [-0.05, 0) is 43.5 Å². The van der Waals surface area contributed by atoms with Crippen molar-refractivity contribution in [2.75, 3.05) is 13.2 Å². The number of fused-ring (bicyclic) bond motifs is 1. The molecular weight excluding hydrogens is 314 g/mol. The Bertz CT molecular complexity index is 694. The maximum atomic E-state index is 6.17. The van der Waals surface area contributed by atoms with Crippen molar-refractivity contribution in [1.29, 1.82) is 0 Å². The van der Waals surface area contributed by atoms with E-state index in [1.807, 2.05) is 25.3 Å². The average Bonchev–Trinajstić information content (AvgIpc) is 3.05. The third-order valence-corrected chi connectivity index (χ3v) is 5.15. The summed E-state index contributed by atoms with van der Waals surface area (Å²) in [6.07, 6.45) is 6.15. The molecule has 1 saturated heterocycles. The van der Waals surface area contributed by atoms with E-state index in [1.165, 1.54) is 0 Å². The van der Waals surface area contributed by atoms with E-state index in [0.717, 1.165) is 49.5 Å². The van der Waals surface area contributed by atoms with Gasteiger partial charge in [0.2, 0.25) is 0 Å². The SMILES string of the molecule is Cc1cccc(CN2CCO[C@H]3[C@H](OCc4cccnc4)CC[C@@H]32)n1. The van der Waals surface area contributed by atoms with Gasteiger partial charge in [0.15, 0.2) is 0 Å². The molecule has 0 radical (unpaired) electrons. The normalized spacial score (nSPS) is 26.5. The molecule has 2 aromatic heterocycles. The van der Waals surface area contributed by atoms with Crippen molar-refractivity contribution in [3.05, 3.63) is 59.7 Å². The summed E-state index contributed by atoms with van der Waals surface area (Å²) in [6, 6.07) is 10.7. The van der Waals surface area contributed by atoms with Gasteiger partial charge < -0.3 is 9.47 Å². The number of aromatic nitrogens is 2. The smallest absolute Gasteiger partial charge is 0.0992 e. The van der Waals surface area contributed by atoms with Gasteiger partial charge in [-0.2, -0.15) is 0 Å². The Kier molecular flexibility index (Phi) is 5.06. The number of nitrogens with zero attached hydrogens (tertiary/aromatic N) is 3. The van der Waals surface area contributed by atoms with Crippen LogP contribution >= 0.6 is 0 Å². The van der Waals surface area contributed by atoms with E-state index in [2.05, 4.69) is 33.1 Å². The Labute approximate surface area is 149 Å². The van der Waals surface area contributed by atoms with Crippen LogP contribution in [0.25, 0.3) is 0 Å². The molecule has 0 N–H and O–H groups in total. The number of hydrogen-bond donors (Lipinski definition) is 0. The van der Waals surface area contributed by atoms with E-state index in [9.17, 15) is 0 Å². The monoisotopic (exact) mass is 339 g/mol. The van der Waals surface area contributed by atoms with Crippen molar-refractivity contribution >= 4 is 0 Å². The van der Waals surface area contributed by atoms with Crippen LogP contribution in [0.2, 0.25) is 0 Å². The van der Waals surface area contributed by atoms with Crippen molar-refractivity contribution in [2.24, 2.45) is 0 Å². The van der Waals surface area contributed by atoms with Crippen molar-refractivity contribution in [3.8, 4) is 0 Å². The van der Waals surface area contributed by atoms with E-state index in [4.69, 9.17) is 9.47 Å². The molecular formula is C20H25N3O2. The lowest BCUT2D eigenvalue weighted by atomic mass is 10.1. The molecule has 0 aromatic carbocycles. The Hall–Kier alpha value is -1.82. The van der Waals surface area contributed by atoms with Gasteiger partial charge in [0, 0.05) is 37.2 Å². The lowest BCUT2D eigenvalue weighted by Crippen LogP contribution is -2.51. The van der Waals surface area contributed by atoms with Crippen LogP contribution in [0, 0.1) is 6.92 Å². The number of morpholine rings is 1. The van der Waals surface area contributed by atoms with Crippen molar-refractivity contribution < 1.29 is 9.47 Å². The molecule has 1 aliphatic heterocycles. The first-order valence-corrected chi connectivity index (χ1v) is 9.08. The maximum absolute atomic E-state index is 6.17. The minimum absolute atomic E-state index is 0.162. The van der Waals surface area contributed by atoms with Crippen LogP contribution < -0.4 is 0 Å². The summed E-state index contributed by atoms with van der Waals surface area (Å²) in [6.45, 7) is 5.27. The second-order valence-electron chi connectivity index (χ2n) is 6.93. The van der Waals surface area contributed by atoms with E-state index in [1.54, 1.807) is 6.20 Å². The van der Waals surface area contributed by atoms with Crippen LogP contribution in [0.15, 0.2) is 42.7 Å². The summed E-state index contributed by atoms with van der Waals surface area (Å²) in [5.41, 5.74) is 3.33. The molecule has 1 saturated carbocycles. The minimum atomic E-state index is 0.162. The highest BCUT2D eigenvalue weighted by Crippen LogP contribution is 2.33. The summed E-state index contributed by atoms with van der Waals surface area (Å²) < 4.78 is 12.3. The van der Waals surface area contributed by atoms with Crippen LogP contribution in [0.4, 0.5) is 0 Å². The summed E-state index contributed by atoms with van der Waals surface area (Å²) in [7, 11) is 0. The lowest BCUT2D eigenvalue weighted by Gasteiger charge is -2.38. The van der Waals surface area contributed by atoms with Crippen LogP contribution in [0.3, 0.4) is 0 Å². The predicted octanol–water partition coefficient (Wildman–Crippen LogP) is 2.73. The Balaban J connectivity index is 1.38. The van der Waals surface area contributed by atoms with Gasteiger partial charge in [-0.1, -0.05) is 12.1 Å². The summed E-state index contributed by atoms with van der Waals surface area (Å²) in [5, 5.41) is 0. The molecule has 2 aliphatic rings. The Morgan fingerprint density at radius 2 is 2.20 bits per heavy atom. The second-order valence-corrected chi connectivity index (χ2v) is 6.93. The molecule has 0 spiro atoms. The molecule has 5 heteroatoms.